The fraction of sp³-hybridized carbons (Fsp3) is 0.125. The number of halogens is 4. The molecule has 0 aliphatic carbocycles. The van der Waals surface area contributed by atoms with E-state index in [2.05, 4.69) is 22.1 Å². The topological polar surface area (TPSA) is 62.3 Å². The summed E-state index contributed by atoms with van der Waals surface area (Å²) in [5, 5.41) is 4.33. The van der Waals surface area contributed by atoms with Crippen LogP contribution >= 0.6 is 11.3 Å². The maximum atomic E-state index is 14.1. The molecule has 5 nitrogen and oxygen atoms in total. The average molecular weight is 487 g/mol. The van der Waals surface area contributed by atoms with E-state index in [0.29, 0.717) is 5.69 Å². The minimum absolute atomic E-state index is 0.0666. The second kappa shape index (κ2) is 10.8. The Kier molecular flexibility index (Phi) is 7.81. The predicted octanol–water partition coefficient (Wildman–Crippen LogP) is 5.17. The number of amides is 2. The van der Waals surface area contributed by atoms with Crippen LogP contribution in [-0.2, 0) is 15.8 Å². The van der Waals surface area contributed by atoms with Gasteiger partial charge in [-0.05, 0) is 36.4 Å². The maximum absolute atomic E-state index is 14.1. The molecule has 1 heterocycles. The number of carbonyl (C=O) groups is 2. The lowest BCUT2D eigenvalue weighted by Gasteiger charge is -2.18. The Morgan fingerprint density at radius 1 is 1.18 bits per heavy atom. The smallest absolute Gasteiger partial charge is 0.342 e. The van der Waals surface area contributed by atoms with Gasteiger partial charge >= 0.3 is 6.18 Å². The lowest BCUT2D eigenvalue weighted by Crippen LogP contribution is -2.23. The van der Waals surface area contributed by atoms with Crippen LogP contribution in [-0.4, -0.2) is 23.3 Å². The summed E-state index contributed by atoms with van der Waals surface area (Å²) in [5.41, 5.74) is -0.170. The molecule has 3 aromatic rings. The number of hydrogen-bond donors (Lipinski definition) is 1. The molecular formula is C24H17F4N3O2S. The molecule has 174 valence electrons. The van der Waals surface area contributed by atoms with Crippen LogP contribution < -0.4 is 10.2 Å². The van der Waals surface area contributed by atoms with Gasteiger partial charge in [-0.3, -0.25) is 14.5 Å². The minimum atomic E-state index is -4.46. The van der Waals surface area contributed by atoms with E-state index in [4.69, 9.17) is 0 Å². The molecule has 0 spiro atoms. The molecule has 3 rings (SSSR count). The van der Waals surface area contributed by atoms with Crippen molar-refractivity contribution in [3.05, 3.63) is 82.6 Å². The van der Waals surface area contributed by atoms with Crippen molar-refractivity contribution in [3.63, 3.8) is 0 Å². The van der Waals surface area contributed by atoms with Gasteiger partial charge in [-0.15, -0.1) is 11.3 Å². The Hall–Kier alpha value is -3.97. The van der Waals surface area contributed by atoms with Gasteiger partial charge < -0.3 is 5.32 Å². The molecule has 0 fully saturated rings. The van der Waals surface area contributed by atoms with Gasteiger partial charge in [0.25, 0.3) is 0 Å². The van der Waals surface area contributed by atoms with Gasteiger partial charge in [0.1, 0.15) is 5.82 Å². The minimum Gasteiger partial charge on any atom is -0.342 e. The van der Waals surface area contributed by atoms with Crippen molar-refractivity contribution in [2.24, 2.45) is 0 Å². The van der Waals surface area contributed by atoms with E-state index >= 15 is 0 Å². The summed E-state index contributed by atoms with van der Waals surface area (Å²) >= 11 is 1.11. The van der Waals surface area contributed by atoms with Gasteiger partial charge in [0, 0.05) is 23.9 Å². The molecule has 0 atom stereocenters. The summed E-state index contributed by atoms with van der Waals surface area (Å²) < 4.78 is 52.3. The number of carbonyl (C=O) groups excluding carboxylic acids is 2. The molecular weight excluding hydrogens is 470 g/mol. The molecule has 0 bridgehead atoms. The largest absolute Gasteiger partial charge is 0.416 e. The van der Waals surface area contributed by atoms with E-state index in [1.807, 2.05) is 0 Å². The Labute approximate surface area is 196 Å². The van der Waals surface area contributed by atoms with E-state index in [-0.39, 0.29) is 22.9 Å². The highest BCUT2D eigenvalue weighted by atomic mass is 32.1. The molecule has 0 unspecified atom stereocenters. The van der Waals surface area contributed by atoms with Crippen molar-refractivity contribution >= 4 is 40.0 Å². The molecule has 0 saturated carbocycles. The summed E-state index contributed by atoms with van der Waals surface area (Å²) in [6.45, 7) is 1.21. The summed E-state index contributed by atoms with van der Waals surface area (Å²) in [4.78, 5) is 29.4. The van der Waals surface area contributed by atoms with Gasteiger partial charge in [0.05, 0.1) is 23.5 Å². The van der Waals surface area contributed by atoms with E-state index in [9.17, 15) is 27.2 Å². The number of para-hydroxylation sites is 1. The number of benzene rings is 2. The lowest BCUT2D eigenvalue weighted by atomic mass is 10.1. The number of nitrogens with one attached hydrogen (secondary N) is 1. The molecule has 0 saturated heterocycles. The molecule has 0 aliphatic heterocycles. The number of thiazole rings is 1. The number of nitrogens with zero attached hydrogens (tertiary/aromatic N) is 2. The molecule has 10 heteroatoms. The predicted molar refractivity (Wildman–Crippen MR) is 122 cm³/mol. The van der Waals surface area contributed by atoms with Gasteiger partial charge in [-0.2, -0.15) is 13.2 Å². The second-order valence-electron chi connectivity index (χ2n) is 6.79. The van der Waals surface area contributed by atoms with Crippen molar-refractivity contribution < 1.29 is 27.2 Å². The Bertz CT molecular complexity index is 1290. The Balaban J connectivity index is 1.60. The van der Waals surface area contributed by atoms with Crippen molar-refractivity contribution in [2.45, 2.75) is 13.1 Å². The molecule has 1 N–H and O–H groups in total. The zero-order chi connectivity index (χ0) is 24.7. The van der Waals surface area contributed by atoms with E-state index < -0.39 is 29.4 Å². The number of alkyl halides is 3. The number of hydrogen-bond acceptors (Lipinski definition) is 4. The van der Waals surface area contributed by atoms with Crippen LogP contribution in [0.1, 0.15) is 23.7 Å². The Morgan fingerprint density at radius 3 is 2.65 bits per heavy atom. The Morgan fingerprint density at radius 2 is 1.94 bits per heavy atom. The first-order valence-electron chi connectivity index (χ1n) is 9.78. The standard InChI is InChI=1S/C24H17F4N3O2S/c1-16(32)31(21-10-3-2-9-20(21)25)23-30-19(15-34-23)11-12-22(33)29-13-5-7-17-6-4-8-18(14-17)24(26,27)28/h2-4,6,8-12,14-15H,13H2,1H3,(H,29,33)/b12-11+. The van der Waals surface area contributed by atoms with Crippen molar-refractivity contribution in [3.8, 4) is 11.8 Å². The quantitative estimate of drug-likeness (QED) is 0.307. The molecule has 2 aromatic carbocycles. The van der Waals surface area contributed by atoms with Gasteiger partial charge in [0.2, 0.25) is 11.8 Å². The molecule has 2 amide bonds. The third-order valence-electron chi connectivity index (χ3n) is 4.29. The van der Waals surface area contributed by atoms with Gasteiger partial charge in [0.15, 0.2) is 5.13 Å². The lowest BCUT2D eigenvalue weighted by molar-refractivity contribution is -0.137. The van der Waals surface area contributed by atoms with E-state index in [1.165, 1.54) is 49.4 Å². The van der Waals surface area contributed by atoms with Crippen LogP contribution in [0.15, 0.2) is 60.0 Å². The first-order valence-corrected chi connectivity index (χ1v) is 10.7. The number of rotatable bonds is 5. The van der Waals surface area contributed by atoms with Crippen LogP contribution in [0, 0.1) is 17.7 Å². The monoisotopic (exact) mass is 487 g/mol. The zero-order valence-corrected chi connectivity index (χ0v) is 18.5. The van der Waals surface area contributed by atoms with Crippen molar-refractivity contribution in [1.82, 2.24) is 10.3 Å². The third-order valence-corrected chi connectivity index (χ3v) is 5.13. The molecule has 34 heavy (non-hydrogen) atoms. The molecule has 1 aromatic heterocycles. The van der Waals surface area contributed by atoms with E-state index in [0.717, 1.165) is 28.4 Å². The highest BCUT2D eigenvalue weighted by Gasteiger charge is 2.30. The third kappa shape index (κ3) is 6.52. The van der Waals surface area contributed by atoms with Crippen LogP contribution in [0.4, 0.5) is 28.4 Å². The normalized spacial score (nSPS) is 11.1. The summed E-state index contributed by atoms with van der Waals surface area (Å²) in [6.07, 6.45) is -1.84. The highest BCUT2D eigenvalue weighted by molar-refractivity contribution is 7.14. The zero-order valence-electron chi connectivity index (χ0n) is 17.7. The molecule has 0 radical (unpaired) electrons. The van der Waals surface area contributed by atoms with Crippen LogP contribution in [0.2, 0.25) is 0 Å². The van der Waals surface area contributed by atoms with Crippen molar-refractivity contribution in [2.75, 3.05) is 11.4 Å². The summed E-state index contributed by atoms with van der Waals surface area (Å²) in [7, 11) is 0. The fourth-order valence-corrected chi connectivity index (χ4v) is 3.61. The maximum Gasteiger partial charge on any atom is 0.416 e. The van der Waals surface area contributed by atoms with Gasteiger partial charge in [-0.1, -0.05) is 30.0 Å². The average Bonchev–Trinajstić information content (AvgIpc) is 3.24. The summed E-state index contributed by atoms with van der Waals surface area (Å²) in [5.74, 6) is 3.66. The first kappa shape index (κ1) is 24.7. The fourth-order valence-electron chi connectivity index (χ4n) is 2.77. The summed E-state index contributed by atoms with van der Waals surface area (Å²) in [6, 6.07) is 10.4. The number of anilines is 2. The van der Waals surface area contributed by atoms with Crippen molar-refractivity contribution in [1.29, 1.82) is 0 Å². The van der Waals surface area contributed by atoms with Crippen LogP contribution in [0.25, 0.3) is 6.08 Å². The van der Waals surface area contributed by atoms with Crippen LogP contribution in [0.3, 0.4) is 0 Å². The van der Waals surface area contributed by atoms with Gasteiger partial charge in [-0.25, -0.2) is 9.37 Å². The first-order chi connectivity index (χ1) is 16.1. The second-order valence-corrected chi connectivity index (χ2v) is 7.63. The number of aromatic nitrogens is 1. The SMILES string of the molecule is CC(=O)N(c1nc(/C=C/C(=O)NCC#Cc2cccc(C(F)(F)F)c2)cs1)c1ccccc1F. The molecule has 0 aliphatic rings. The van der Waals surface area contributed by atoms with Crippen LogP contribution in [0.5, 0.6) is 0 Å². The van der Waals surface area contributed by atoms with E-state index in [1.54, 1.807) is 11.4 Å². The highest BCUT2D eigenvalue weighted by Crippen LogP contribution is 2.31.